The second-order valence-corrected chi connectivity index (χ2v) is 4.15. The van der Waals surface area contributed by atoms with Gasteiger partial charge >= 0.3 is 0 Å². The Bertz CT molecular complexity index is 578. The Morgan fingerprint density at radius 1 is 1.56 bits per heavy atom. The standard InChI is InChI=1S/C10H10ClFN2OS/c1-15-3-2-14-9-4-6(11)7(12)5-8(9)13-10(14)16/h4-5H,2-3H2,1H3,(H,13,16). The highest BCUT2D eigenvalue weighted by Crippen LogP contribution is 2.22. The van der Waals surface area contributed by atoms with Gasteiger partial charge in [-0.2, -0.15) is 0 Å². The summed E-state index contributed by atoms with van der Waals surface area (Å²) in [7, 11) is 1.62. The SMILES string of the molecule is COCCn1c(=S)[nH]c2cc(F)c(Cl)cc21. The van der Waals surface area contributed by atoms with Gasteiger partial charge in [-0.15, -0.1) is 0 Å². The van der Waals surface area contributed by atoms with Crippen molar-refractivity contribution in [3.63, 3.8) is 0 Å². The van der Waals surface area contributed by atoms with Crippen molar-refractivity contribution in [2.45, 2.75) is 6.54 Å². The molecule has 1 heterocycles. The van der Waals surface area contributed by atoms with E-state index in [9.17, 15) is 4.39 Å². The van der Waals surface area contributed by atoms with Gasteiger partial charge in [0.1, 0.15) is 5.82 Å². The molecule has 0 atom stereocenters. The molecule has 0 aliphatic rings. The van der Waals surface area contributed by atoms with Crippen LogP contribution in [0.4, 0.5) is 4.39 Å². The Hall–Kier alpha value is -0.910. The largest absolute Gasteiger partial charge is 0.383 e. The molecule has 2 aromatic rings. The normalized spacial score (nSPS) is 11.2. The number of fused-ring (bicyclic) bond motifs is 1. The molecule has 16 heavy (non-hydrogen) atoms. The Labute approximate surface area is 102 Å². The summed E-state index contributed by atoms with van der Waals surface area (Å²) < 4.78 is 20.6. The van der Waals surface area contributed by atoms with E-state index in [1.54, 1.807) is 13.2 Å². The number of nitrogens with one attached hydrogen (secondary N) is 1. The fourth-order valence-electron chi connectivity index (χ4n) is 1.56. The average molecular weight is 261 g/mol. The molecule has 1 aromatic carbocycles. The van der Waals surface area contributed by atoms with Crippen LogP contribution in [-0.4, -0.2) is 23.3 Å². The van der Waals surface area contributed by atoms with Crippen LogP contribution in [0.1, 0.15) is 0 Å². The Morgan fingerprint density at radius 2 is 2.31 bits per heavy atom. The van der Waals surface area contributed by atoms with Crippen molar-refractivity contribution >= 4 is 34.9 Å². The fourth-order valence-corrected chi connectivity index (χ4v) is 2.01. The number of methoxy groups -OCH3 is 1. The summed E-state index contributed by atoms with van der Waals surface area (Å²) in [4.78, 5) is 2.93. The molecule has 3 nitrogen and oxygen atoms in total. The summed E-state index contributed by atoms with van der Waals surface area (Å²) in [6.45, 7) is 1.15. The first-order valence-electron chi connectivity index (χ1n) is 4.70. The van der Waals surface area contributed by atoms with E-state index in [2.05, 4.69) is 4.98 Å². The molecule has 1 N–H and O–H groups in total. The summed E-state index contributed by atoms with van der Waals surface area (Å²) in [5, 5.41) is 0.0904. The molecule has 0 amide bonds. The molecule has 86 valence electrons. The molecule has 1 aromatic heterocycles. The lowest BCUT2D eigenvalue weighted by molar-refractivity contribution is 0.188. The van der Waals surface area contributed by atoms with E-state index in [4.69, 9.17) is 28.6 Å². The van der Waals surface area contributed by atoms with E-state index in [0.717, 1.165) is 5.52 Å². The van der Waals surface area contributed by atoms with Crippen molar-refractivity contribution in [1.82, 2.24) is 9.55 Å². The summed E-state index contributed by atoms with van der Waals surface area (Å²) >= 11 is 10.9. The second kappa shape index (κ2) is 4.53. The van der Waals surface area contributed by atoms with E-state index in [1.165, 1.54) is 6.07 Å². The number of aromatic amines is 1. The van der Waals surface area contributed by atoms with Gasteiger partial charge in [0, 0.05) is 19.7 Å². The lowest BCUT2D eigenvalue weighted by Gasteiger charge is -2.03. The minimum atomic E-state index is -0.454. The van der Waals surface area contributed by atoms with Crippen molar-refractivity contribution in [3.8, 4) is 0 Å². The number of hydrogen-bond donors (Lipinski definition) is 1. The Balaban J connectivity index is 2.60. The molecular formula is C10H10ClFN2OS. The van der Waals surface area contributed by atoms with Crippen molar-refractivity contribution in [2.24, 2.45) is 0 Å². The van der Waals surface area contributed by atoms with Crippen LogP contribution in [-0.2, 0) is 11.3 Å². The van der Waals surface area contributed by atoms with E-state index in [-0.39, 0.29) is 5.02 Å². The number of aromatic nitrogens is 2. The third-order valence-corrected chi connectivity index (χ3v) is 2.95. The third kappa shape index (κ3) is 1.98. The number of benzene rings is 1. The van der Waals surface area contributed by atoms with Crippen molar-refractivity contribution in [1.29, 1.82) is 0 Å². The molecule has 0 saturated heterocycles. The molecule has 0 bridgehead atoms. The van der Waals surface area contributed by atoms with Gasteiger partial charge in [0.2, 0.25) is 0 Å². The van der Waals surface area contributed by atoms with E-state index in [1.807, 2.05) is 4.57 Å². The molecular weight excluding hydrogens is 251 g/mol. The first-order chi connectivity index (χ1) is 7.63. The van der Waals surface area contributed by atoms with Crippen LogP contribution in [0.15, 0.2) is 12.1 Å². The highest BCUT2D eigenvalue weighted by Gasteiger charge is 2.08. The number of imidazole rings is 1. The van der Waals surface area contributed by atoms with Gasteiger partial charge in [0.25, 0.3) is 0 Å². The number of halogens is 2. The monoisotopic (exact) mass is 260 g/mol. The van der Waals surface area contributed by atoms with Crippen LogP contribution < -0.4 is 0 Å². The summed E-state index contributed by atoms with van der Waals surface area (Å²) in [5.74, 6) is -0.454. The van der Waals surface area contributed by atoms with Crippen molar-refractivity contribution in [2.75, 3.05) is 13.7 Å². The third-order valence-electron chi connectivity index (χ3n) is 2.34. The highest BCUT2D eigenvalue weighted by atomic mass is 35.5. The highest BCUT2D eigenvalue weighted by molar-refractivity contribution is 7.71. The second-order valence-electron chi connectivity index (χ2n) is 3.36. The maximum Gasteiger partial charge on any atom is 0.178 e. The Morgan fingerprint density at radius 3 is 3.00 bits per heavy atom. The number of hydrogen-bond acceptors (Lipinski definition) is 2. The molecule has 0 aliphatic carbocycles. The van der Waals surface area contributed by atoms with E-state index >= 15 is 0 Å². The summed E-state index contributed by atoms with van der Waals surface area (Å²) in [5.41, 5.74) is 1.43. The Kier molecular flexibility index (Phi) is 3.28. The maximum atomic E-state index is 13.2. The van der Waals surface area contributed by atoms with Crippen molar-refractivity contribution < 1.29 is 9.13 Å². The molecule has 0 spiro atoms. The number of nitrogens with zero attached hydrogens (tertiary/aromatic N) is 1. The average Bonchev–Trinajstić information content (AvgIpc) is 2.52. The van der Waals surface area contributed by atoms with Gasteiger partial charge in [-0.05, 0) is 18.3 Å². The van der Waals surface area contributed by atoms with Crippen LogP contribution >= 0.6 is 23.8 Å². The molecule has 0 saturated carbocycles. The van der Waals surface area contributed by atoms with Gasteiger partial charge in [0.15, 0.2) is 4.77 Å². The van der Waals surface area contributed by atoms with Gasteiger partial charge in [-0.25, -0.2) is 4.39 Å². The quantitative estimate of drug-likeness (QED) is 0.860. The van der Waals surface area contributed by atoms with Gasteiger partial charge in [0.05, 0.1) is 22.7 Å². The minimum absolute atomic E-state index is 0.0904. The fraction of sp³-hybridized carbons (Fsp3) is 0.300. The summed E-state index contributed by atoms with van der Waals surface area (Å²) in [6.07, 6.45) is 0. The molecule has 0 radical (unpaired) electrons. The van der Waals surface area contributed by atoms with Gasteiger partial charge in [-0.3, -0.25) is 0 Å². The molecule has 0 fully saturated rings. The minimum Gasteiger partial charge on any atom is -0.383 e. The molecule has 0 unspecified atom stereocenters. The number of ether oxygens (including phenoxy) is 1. The zero-order valence-electron chi connectivity index (χ0n) is 8.59. The van der Waals surface area contributed by atoms with E-state index < -0.39 is 5.82 Å². The number of rotatable bonds is 3. The van der Waals surface area contributed by atoms with Crippen LogP contribution in [0, 0.1) is 10.6 Å². The van der Waals surface area contributed by atoms with Crippen molar-refractivity contribution in [3.05, 3.63) is 27.7 Å². The topological polar surface area (TPSA) is 29.9 Å². The molecule has 6 heteroatoms. The lowest BCUT2D eigenvalue weighted by atomic mass is 10.3. The predicted octanol–water partition coefficient (Wildman–Crippen LogP) is 3.14. The first kappa shape index (κ1) is 11.6. The molecule has 0 aliphatic heterocycles. The zero-order chi connectivity index (χ0) is 11.7. The first-order valence-corrected chi connectivity index (χ1v) is 5.48. The maximum absolute atomic E-state index is 13.2. The van der Waals surface area contributed by atoms with Crippen LogP contribution in [0.2, 0.25) is 5.02 Å². The van der Waals surface area contributed by atoms with E-state index in [0.29, 0.717) is 23.4 Å². The summed E-state index contributed by atoms with van der Waals surface area (Å²) in [6, 6.07) is 2.91. The van der Waals surface area contributed by atoms with Gasteiger partial charge in [-0.1, -0.05) is 11.6 Å². The molecule has 2 rings (SSSR count). The number of H-pyrrole nitrogens is 1. The smallest absolute Gasteiger partial charge is 0.178 e. The zero-order valence-corrected chi connectivity index (χ0v) is 10.2. The predicted molar refractivity (Wildman–Crippen MR) is 64.0 cm³/mol. The van der Waals surface area contributed by atoms with Crippen LogP contribution in [0.5, 0.6) is 0 Å². The van der Waals surface area contributed by atoms with Crippen LogP contribution in [0.3, 0.4) is 0 Å². The van der Waals surface area contributed by atoms with Crippen LogP contribution in [0.25, 0.3) is 11.0 Å². The lowest BCUT2D eigenvalue weighted by Crippen LogP contribution is -2.03. The van der Waals surface area contributed by atoms with Gasteiger partial charge < -0.3 is 14.3 Å².